The highest BCUT2D eigenvalue weighted by Gasteiger charge is 2.15. The molecule has 0 fully saturated rings. The van der Waals surface area contributed by atoms with Crippen LogP contribution in [-0.4, -0.2) is 12.4 Å². The highest BCUT2D eigenvalue weighted by atomic mass is 19.1. The van der Waals surface area contributed by atoms with Gasteiger partial charge in [-0.2, -0.15) is 0 Å². The van der Waals surface area contributed by atoms with Crippen LogP contribution in [0.5, 0.6) is 5.75 Å². The fraction of sp³-hybridized carbons (Fsp3) is 0.235. The van der Waals surface area contributed by atoms with Crippen molar-refractivity contribution in [3.8, 4) is 5.75 Å². The van der Waals surface area contributed by atoms with Crippen molar-refractivity contribution in [1.29, 1.82) is 0 Å². The monoisotopic (exact) mass is 288 g/mol. The van der Waals surface area contributed by atoms with Crippen LogP contribution in [0.4, 0.5) is 8.78 Å². The van der Waals surface area contributed by atoms with E-state index >= 15 is 0 Å². The lowest BCUT2D eigenvalue weighted by Gasteiger charge is -2.05. The van der Waals surface area contributed by atoms with E-state index in [-0.39, 0.29) is 17.8 Å². The zero-order valence-electron chi connectivity index (χ0n) is 11.4. The van der Waals surface area contributed by atoms with Crippen LogP contribution in [0.1, 0.15) is 27.9 Å². The molecule has 0 bridgehead atoms. The first-order chi connectivity index (χ1) is 10.1. The summed E-state index contributed by atoms with van der Waals surface area (Å²) in [6, 6.07) is 8.75. The molecule has 2 aromatic rings. The minimum atomic E-state index is -0.677. The van der Waals surface area contributed by atoms with Crippen LogP contribution < -0.4 is 4.74 Å². The van der Waals surface area contributed by atoms with Gasteiger partial charge in [-0.25, -0.2) is 8.78 Å². The molecule has 2 aromatic carbocycles. The maximum Gasteiger partial charge on any atom is 0.166 e. The third-order valence-electron chi connectivity index (χ3n) is 3.62. The molecule has 0 unspecified atom stereocenters. The normalized spacial score (nSPS) is 12.9. The lowest BCUT2D eigenvalue weighted by Crippen LogP contribution is -2.05. The summed E-state index contributed by atoms with van der Waals surface area (Å²) in [5.41, 5.74) is 1.96. The Morgan fingerprint density at radius 3 is 2.86 bits per heavy atom. The largest absolute Gasteiger partial charge is 0.493 e. The molecular weight excluding hydrogens is 274 g/mol. The summed E-state index contributed by atoms with van der Waals surface area (Å²) in [6.45, 7) is 0.687. The lowest BCUT2D eigenvalue weighted by atomic mass is 10.0. The third kappa shape index (κ3) is 2.94. The van der Waals surface area contributed by atoms with E-state index in [9.17, 15) is 13.6 Å². The quantitative estimate of drug-likeness (QED) is 0.802. The number of ketones is 1. The Bertz CT molecular complexity index is 695. The zero-order chi connectivity index (χ0) is 14.8. The standard InChI is InChI=1S/C17H14F2O2/c18-13-3-4-15(19)14(10-13)16(20)5-1-11-2-6-17-12(9-11)7-8-21-17/h2-4,6,9-10H,1,5,7-8H2. The fourth-order valence-corrected chi connectivity index (χ4v) is 2.50. The van der Waals surface area contributed by atoms with E-state index in [0.29, 0.717) is 13.0 Å². The molecule has 0 radical (unpaired) electrons. The predicted octanol–water partition coefficient (Wildman–Crippen LogP) is 3.72. The molecule has 0 spiro atoms. The zero-order valence-corrected chi connectivity index (χ0v) is 11.4. The molecule has 0 N–H and O–H groups in total. The first kappa shape index (κ1) is 13.7. The summed E-state index contributed by atoms with van der Waals surface area (Å²) in [4.78, 5) is 12.0. The van der Waals surface area contributed by atoms with Crippen LogP contribution in [0.25, 0.3) is 0 Å². The summed E-state index contributed by atoms with van der Waals surface area (Å²) in [6.07, 6.45) is 1.53. The van der Waals surface area contributed by atoms with Crippen molar-refractivity contribution in [1.82, 2.24) is 0 Å². The molecule has 108 valence electrons. The second kappa shape index (κ2) is 5.64. The number of fused-ring (bicyclic) bond motifs is 1. The minimum absolute atomic E-state index is 0.153. The summed E-state index contributed by atoms with van der Waals surface area (Å²) < 4.78 is 32.0. The van der Waals surface area contributed by atoms with Gasteiger partial charge in [0, 0.05) is 12.8 Å². The van der Waals surface area contributed by atoms with E-state index in [1.165, 1.54) is 0 Å². The summed E-state index contributed by atoms with van der Waals surface area (Å²) in [5, 5.41) is 0. The van der Waals surface area contributed by atoms with E-state index in [2.05, 4.69) is 0 Å². The first-order valence-corrected chi connectivity index (χ1v) is 6.86. The second-order valence-electron chi connectivity index (χ2n) is 5.09. The maximum atomic E-state index is 13.5. The van der Waals surface area contributed by atoms with Gasteiger partial charge in [0.2, 0.25) is 0 Å². The van der Waals surface area contributed by atoms with Crippen molar-refractivity contribution in [3.63, 3.8) is 0 Å². The number of ether oxygens (including phenoxy) is 1. The molecule has 0 amide bonds. The summed E-state index contributed by atoms with van der Waals surface area (Å²) in [5.74, 6) is -0.775. The van der Waals surface area contributed by atoms with Gasteiger partial charge in [-0.3, -0.25) is 4.79 Å². The van der Waals surface area contributed by atoms with Gasteiger partial charge in [0.15, 0.2) is 5.78 Å². The maximum absolute atomic E-state index is 13.5. The van der Waals surface area contributed by atoms with E-state index in [0.717, 1.165) is 41.5 Å². The van der Waals surface area contributed by atoms with Gasteiger partial charge in [0.1, 0.15) is 17.4 Å². The van der Waals surface area contributed by atoms with Crippen molar-refractivity contribution in [2.75, 3.05) is 6.61 Å². The molecule has 0 aliphatic carbocycles. The van der Waals surface area contributed by atoms with Gasteiger partial charge >= 0.3 is 0 Å². The number of hydrogen-bond donors (Lipinski definition) is 0. The average Bonchev–Trinajstić information content (AvgIpc) is 2.94. The molecular formula is C17H14F2O2. The van der Waals surface area contributed by atoms with Crippen molar-refractivity contribution >= 4 is 5.78 Å². The minimum Gasteiger partial charge on any atom is -0.493 e. The number of hydrogen-bond acceptors (Lipinski definition) is 2. The molecule has 2 nitrogen and oxygen atoms in total. The molecule has 0 saturated heterocycles. The molecule has 4 heteroatoms. The van der Waals surface area contributed by atoms with Crippen molar-refractivity contribution < 1.29 is 18.3 Å². The Morgan fingerprint density at radius 2 is 2.00 bits per heavy atom. The Morgan fingerprint density at radius 1 is 1.14 bits per heavy atom. The van der Waals surface area contributed by atoms with E-state index in [4.69, 9.17) is 4.74 Å². The van der Waals surface area contributed by atoms with Gasteiger partial charge in [0.25, 0.3) is 0 Å². The molecule has 21 heavy (non-hydrogen) atoms. The summed E-state index contributed by atoms with van der Waals surface area (Å²) in [7, 11) is 0. The molecule has 0 atom stereocenters. The van der Waals surface area contributed by atoms with Gasteiger partial charge in [-0.05, 0) is 41.8 Å². The summed E-state index contributed by atoms with van der Waals surface area (Å²) >= 11 is 0. The molecule has 0 aromatic heterocycles. The molecule has 0 saturated carbocycles. The average molecular weight is 288 g/mol. The number of carbonyl (C=O) groups is 1. The smallest absolute Gasteiger partial charge is 0.166 e. The molecule has 1 aliphatic heterocycles. The van der Waals surface area contributed by atoms with Gasteiger partial charge in [-0.1, -0.05) is 12.1 Å². The van der Waals surface area contributed by atoms with Crippen LogP contribution in [-0.2, 0) is 12.8 Å². The number of carbonyl (C=O) groups excluding carboxylic acids is 1. The van der Waals surface area contributed by atoms with Crippen LogP contribution in [0.3, 0.4) is 0 Å². The number of Topliss-reactive ketones (excluding diaryl/α,β-unsaturated/α-hetero) is 1. The fourth-order valence-electron chi connectivity index (χ4n) is 2.50. The topological polar surface area (TPSA) is 26.3 Å². The van der Waals surface area contributed by atoms with Crippen LogP contribution in [0.2, 0.25) is 0 Å². The molecule has 1 aliphatic rings. The highest BCUT2D eigenvalue weighted by Crippen LogP contribution is 2.26. The number of rotatable bonds is 4. The number of aryl methyl sites for hydroxylation is 1. The van der Waals surface area contributed by atoms with E-state index < -0.39 is 11.6 Å². The van der Waals surface area contributed by atoms with Crippen molar-refractivity contribution in [3.05, 3.63) is 64.7 Å². The van der Waals surface area contributed by atoms with Crippen LogP contribution >= 0.6 is 0 Å². The predicted molar refractivity (Wildman–Crippen MR) is 74.7 cm³/mol. The first-order valence-electron chi connectivity index (χ1n) is 6.86. The number of benzene rings is 2. The Balaban J connectivity index is 1.70. The highest BCUT2D eigenvalue weighted by molar-refractivity contribution is 5.96. The molecule has 1 heterocycles. The Labute approximate surface area is 121 Å². The SMILES string of the molecule is O=C(CCc1ccc2c(c1)CCO2)c1cc(F)ccc1F. The van der Waals surface area contributed by atoms with Crippen LogP contribution in [0, 0.1) is 11.6 Å². The Kier molecular flexibility index (Phi) is 3.69. The van der Waals surface area contributed by atoms with Crippen molar-refractivity contribution in [2.45, 2.75) is 19.3 Å². The van der Waals surface area contributed by atoms with Crippen LogP contribution in [0.15, 0.2) is 36.4 Å². The lowest BCUT2D eigenvalue weighted by molar-refractivity contribution is 0.0978. The molecule has 3 rings (SSSR count). The van der Waals surface area contributed by atoms with Gasteiger partial charge in [-0.15, -0.1) is 0 Å². The van der Waals surface area contributed by atoms with E-state index in [1.807, 2.05) is 18.2 Å². The number of halogens is 2. The second-order valence-corrected chi connectivity index (χ2v) is 5.09. The van der Waals surface area contributed by atoms with Gasteiger partial charge < -0.3 is 4.74 Å². The third-order valence-corrected chi connectivity index (χ3v) is 3.62. The van der Waals surface area contributed by atoms with Crippen molar-refractivity contribution in [2.24, 2.45) is 0 Å². The Hall–Kier alpha value is -2.23. The van der Waals surface area contributed by atoms with E-state index in [1.54, 1.807) is 0 Å². The van der Waals surface area contributed by atoms with Gasteiger partial charge in [0.05, 0.1) is 12.2 Å².